The van der Waals surface area contributed by atoms with Crippen LogP contribution in [0.25, 0.3) is 0 Å². The molecule has 2 heterocycles. The Kier molecular flexibility index (Phi) is 5.65. The van der Waals surface area contributed by atoms with Crippen LogP contribution in [0.4, 0.5) is 11.9 Å². The number of carbonyl (C=O) groups is 2. The molecule has 0 radical (unpaired) electrons. The predicted octanol–water partition coefficient (Wildman–Crippen LogP) is 3.64. The van der Waals surface area contributed by atoms with E-state index < -0.39 is 0 Å². The molecule has 8 heteroatoms. The number of anilines is 2. The average molecular weight is 406 g/mol. The summed E-state index contributed by atoms with van der Waals surface area (Å²) in [6.45, 7) is 3.89. The van der Waals surface area contributed by atoms with Gasteiger partial charge in [0, 0.05) is 28.8 Å². The smallest absolute Gasteiger partial charge is 0.257 e. The van der Waals surface area contributed by atoms with Gasteiger partial charge in [-0.05, 0) is 37.8 Å². The fourth-order valence-corrected chi connectivity index (χ4v) is 3.61. The first kappa shape index (κ1) is 19.9. The molecular formula is C22H26N6O2. The van der Waals surface area contributed by atoms with Crippen molar-refractivity contribution in [3.05, 3.63) is 59.2 Å². The van der Waals surface area contributed by atoms with Crippen LogP contribution in [0.5, 0.6) is 0 Å². The molecule has 156 valence electrons. The predicted molar refractivity (Wildman–Crippen MR) is 114 cm³/mol. The fourth-order valence-electron chi connectivity index (χ4n) is 3.61. The third-order valence-corrected chi connectivity index (χ3v) is 5.65. The van der Waals surface area contributed by atoms with Crippen molar-refractivity contribution in [2.75, 3.05) is 10.6 Å². The minimum Gasteiger partial charge on any atom is -0.328 e. The first-order valence-electron chi connectivity index (χ1n) is 10.3. The number of rotatable bonds is 6. The number of carbonyl (C=O) groups excluding carboxylic acids is 2. The van der Waals surface area contributed by atoms with E-state index in [-0.39, 0.29) is 23.7 Å². The van der Waals surface area contributed by atoms with Crippen molar-refractivity contribution in [3.63, 3.8) is 0 Å². The molecule has 2 unspecified atom stereocenters. The maximum atomic E-state index is 12.3. The summed E-state index contributed by atoms with van der Waals surface area (Å²) in [7, 11) is 0. The number of aromatic nitrogens is 4. The molecule has 0 saturated heterocycles. The number of hydrogen-bond donors (Lipinski definition) is 4. The summed E-state index contributed by atoms with van der Waals surface area (Å²) in [5.74, 6) is 0.938. The summed E-state index contributed by atoms with van der Waals surface area (Å²) in [4.78, 5) is 39.8. The third kappa shape index (κ3) is 4.27. The van der Waals surface area contributed by atoms with Crippen LogP contribution in [0, 0.1) is 5.92 Å². The normalized spacial score (nSPS) is 16.5. The molecule has 8 nitrogen and oxygen atoms in total. The highest BCUT2D eigenvalue weighted by Crippen LogP contribution is 2.32. The van der Waals surface area contributed by atoms with E-state index in [4.69, 9.17) is 0 Å². The zero-order valence-corrected chi connectivity index (χ0v) is 17.2. The molecular weight excluding hydrogens is 380 g/mol. The lowest BCUT2D eigenvalue weighted by atomic mass is 9.88. The van der Waals surface area contributed by atoms with Crippen LogP contribution in [0.15, 0.2) is 36.5 Å². The zero-order valence-electron chi connectivity index (χ0n) is 17.2. The van der Waals surface area contributed by atoms with Gasteiger partial charge in [-0.25, -0.2) is 9.97 Å². The van der Waals surface area contributed by atoms with E-state index >= 15 is 0 Å². The second-order valence-corrected chi connectivity index (χ2v) is 7.76. The molecule has 1 aliphatic carbocycles. The number of hydrogen-bond acceptors (Lipinski definition) is 4. The van der Waals surface area contributed by atoms with E-state index in [0.29, 0.717) is 17.5 Å². The number of amides is 2. The molecule has 30 heavy (non-hydrogen) atoms. The van der Waals surface area contributed by atoms with Gasteiger partial charge in [0.15, 0.2) is 0 Å². The van der Waals surface area contributed by atoms with E-state index in [0.717, 1.165) is 42.8 Å². The summed E-state index contributed by atoms with van der Waals surface area (Å²) < 4.78 is 0. The van der Waals surface area contributed by atoms with Gasteiger partial charge in [-0.1, -0.05) is 32.0 Å². The molecule has 2 aromatic heterocycles. The Morgan fingerprint density at radius 2 is 1.97 bits per heavy atom. The van der Waals surface area contributed by atoms with Gasteiger partial charge in [0.2, 0.25) is 17.8 Å². The van der Waals surface area contributed by atoms with Gasteiger partial charge >= 0.3 is 0 Å². The lowest BCUT2D eigenvalue weighted by Gasteiger charge is -2.19. The molecule has 0 fully saturated rings. The van der Waals surface area contributed by atoms with Gasteiger partial charge in [-0.15, -0.1) is 0 Å². The first-order valence-corrected chi connectivity index (χ1v) is 10.3. The highest BCUT2D eigenvalue weighted by Gasteiger charge is 2.25. The highest BCUT2D eigenvalue weighted by atomic mass is 16.2. The van der Waals surface area contributed by atoms with Crippen LogP contribution < -0.4 is 10.6 Å². The number of imidazole rings is 2. The van der Waals surface area contributed by atoms with Crippen LogP contribution in [-0.4, -0.2) is 31.8 Å². The molecule has 1 aliphatic rings. The molecule has 3 aromatic rings. The SMILES string of the molecule is CCC(C)C(=O)Nc1nc2c([nH]1)CC(c1cnc(NC(=O)c3ccccc3)[nH]1)CC2. The quantitative estimate of drug-likeness (QED) is 0.500. The summed E-state index contributed by atoms with van der Waals surface area (Å²) in [6, 6.07) is 9.05. The number of nitrogens with one attached hydrogen (secondary N) is 4. The maximum Gasteiger partial charge on any atom is 0.257 e. The molecule has 0 aliphatic heterocycles. The van der Waals surface area contributed by atoms with Crippen molar-refractivity contribution in [1.29, 1.82) is 0 Å². The second kappa shape index (κ2) is 8.52. The Hall–Kier alpha value is -3.42. The number of H-pyrrole nitrogens is 2. The Morgan fingerprint density at radius 3 is 2.73 bits per heavy atom. The van der Waals surface area contributed by atoms with Crippen LogP contribution in [0.2, 0.25) is 0 Å². The number of aryl methyl sites for hydroxylation is 1. The van der Waals surface area contributed by atoms with Crippen molar-refractivity contribution in [3.8, 4) is 0 Å². The topological polar surface area (TPSA) is 116 Å². The Bertz CT molecular complexity index is 1040. The van der Waals surface area contributed by atoms with E-state index in [9.17, 15) is 9.59 Å². The average Bonchev–Trinajstić information content (AvgIpc) is 3.39. The Balaban J connectivity index is 1.40. The van der Waals surface area contributed by atoms with Crippen molar-refractivity contribution in [2.24, 2.45) is 5.92 Å². The summed E-state index contributed by atoms with van der Waals surface area (Å²) in [6.07, 6.45) is 5.08. The van der Waals surface area contributed by atoms with Crippen molar-refractivity contribution < 1.29 is 9.59 Å². The molecule has 2 amide bonds. The van der Waals surface area contributed by atoms with E-state index in [1.165, 1.54) is 0 Å². The van der Waals surface area contributed by atoms with Crippen LogP contribution in [0.3, 0.4) is 0 Å². The molecule has 4 N–H and O–H groups in total. The number of fused-ring (bicyclic) bond motifs is 1. The number of benzene rings is 1. The lowest BCUT2D eigenvalue weighted by molar-refractivity contribution is -0.119. The largest absolute Gasteiger partial charge is 0.328 e. The minimum atomic E-state index is -0.197. The molecule has 0 saturated carbocycles. The minimum absolute atomic E-state index is 0.0208. The summed E-state index contributed by atoms with van der Waals surface area (Å²) in [5.41, 5.74) is 3.60. The van der Waals surface area contributed by atoms with Gasteiger partial charge in [0.05, 0.1) is 11.9 Å². The Labute approximate surface area is 174 Å². The lowest BCUT2D eigenvalue weighted by Crippen LogP contribution is -2.20. The van der Waals surface area contributed by atoms with E-state index in [1.807, 2.05) is 32.0 Å². The second-order valence-electron chi connectivity index (χ2n) is 7.76. The number of nitrogens with zero attached hydrogens (tertiary/aromatic N) is 2. The maximum absolute atomic E-state index is 12.3. The zero-order chi connectivity index (χ0) is 21.1. The van der Waals surface area contributed by atoms with Gasteiger partial charge < -0.3 is 9.97 Å². The van der Waals surface area contributed by atoms with Gasteiger partial charge in [0.1, 0.15) is 0 Å². The molecule has 1 aromatic carbocycles. The van der Waals surface area contributed by atoms with Crippen molar-refractivity contribution in [2.45, 2.75) is 45.4 Å². The molecule has 0 spiro atoms. The van der Waals surface area contributed by atoms with Gasteiger partial charge in [-0.2, -0.15) is 0 Å². The Morgan fingerprint density at radius 1 is 1.17 bits per heavy atom. The summed E-state index contributed by atoms with van der Waals surface area (Å²) >= 11 is 0. The van der Waals surface area contributed by atoms with E-state index in [2.05, 4.69) is 30.6 Å². The standard InChI is InChI=1S/C22H26N6O2/c1-3-13(2)19(29)27-22-24-16-10-9-15(11-17(16)25-22)18-12-23-21(26-18)28-20(30)14-7-5-4-6-8-14/h4-8,12-13,15H,3,9-11H2,1-2H3,(H2,23,26,28,30)(H2,24,25,27,29). The van der Waals surface area contributed by atoms with Crippen LogP contribution in [-0.2, 0) is 17.6 Å². The van der Waals surface area contributed by atoms with Gasteiger partial charge in [-0.3, -0.25) is 20.2 Å². The monoisotopic (exact) mass is 406 g/mol. The van der Waals surface area contributed by atoms with Crippen molar-refractivity contribution >= 4 is 23.7 Å². The first-order chi connectivity index (χ1) is 14.5. The number of aromatic amines is 2. The third-order valence-electron chi connectivity index (χ3n) is 5.65. The van der Waals surface area contributed by atoms with Crippen LogP contribution in [0.1, 0.15) is 60.0 Å². The fraction of sp³-hybridized carbons (Fsp3) is 0.364. The molecule has 0 bridgehead atoms. The van der Waals surface area contributed by atoms with Crippen molar-refractivity contribution in [1.82, 2.24) is 19.9 Å². The van der Waals surface area contributed by atoms with Crippen LogP contribution >= 0.6 is 0 Å². The summed E-state index contributed by atoms with van der Waals surface area (Å²) in [5, 5.41) is 5.68. The molecule has 2 atom stereocenters. The highest BCUT2D eigenvalue weighted by molar-refractivity contribution is 6.03. The van der Waals surface area contributed by atoms with E-state index in [1.54, 1.807) is 18.3 Å². The molecule has 4 rings (SSSR count). The van der Waals surface area contributed by atoms with Gasteiger partial charge in [0.25, 0.3) is 5.91 Å².